The van der Waals surface area contributed by atoms with Gasteiger partial charge in [0.05, 0.1) is 16.7 Å². The summed E-state index contributed by atoms with van der Waals surface area (Å²) in [6, 6.07) is 18.8. The molecule has 5 rings (SSSR count). The molecule has 0 aliphatic rings. The normalized spacial score (nSPS) is 11.4. The first kappa shape index (κ1) is 23.5. The van der Waals surface area contributed by atoms with Crippen molar-refractivity contribution < 1.29 is 14.3 Å². The molecule has 36 heavy (non-hydrogen) atoms. The number of carboxylic acids is 1. The van der Waals surface area contributed by atoms with Crippen molar-refractivity contribution in [1.29, 1.82) is 0 Å². The molecule has 2 N–H and O–H groups in total. The van der Waals surface area contributed by atoms with E-state index in [9.17, 15) is 4.79 Å². The molecule has 0 bridgehead atoms. The van der Waals surface area contributed by atoms with Crippen molar-refractivity contribution in [2.75, 3.05) is 5.32 Å². The molecular weight excluding hydrogens is 470 g/mol. The summed E-state index contributed by atoms with van der Waals surface area (Å²) in [4.78, 5) is 23.0. The van der Waals surface area contributed by atoms with E-state index in [0.717, 1.165) is 61.9 Å². The van der Waals surface area contributed by atoms with Crippen LogP contribution in [0.4, 0.5) is 11.5 Å². The van der Waals surface area contributed by atoms with Gasteiger partial charge in [0.25, 0.3) is 0 Å². The molecule has 0 unspecified atom stereocenters. The second-order valence-corrected chi connectivity index (χ2v) is 9.37. The van der Waals surface area contributed by atoms with E-state index in [1.807, 2.05) is 24.3 Å². The van der Waals surface area contributed by atoms with E-state index in [-0.39, 0.29) is 5.56 Å². The number of fused-ring (bicyclic) bond motifs is 1. The maximum Gasteiger partial charge on any atom is 0.335 e. The summed E-state index contributed by atoms with van der Waals surface area (Å²) in [6.07, 6.45) is 7.49. The summed E-state index contributed by atoms with van der Waals surface area (Å²) in [7, 11) is 0. The smallest absolute Gasteiger partial charge is 0.335 e. The summed E-state index contributed by atoms with van der Waals surface area (Å²) < 4.78 is 5.64. The first-order chi connectivity index (χ1) is 17.6. The predicted octanol–water partition coefficient (Wildman–Crippen LogP) is 7.69. The molecule has 6 nitrogen and oxygen atoms in total. The van der Waals surface area contributed by atoms with Gasteiger partial charge in [0.15, 0.2) is 5.82 Å². The zero-order chi connectivity index (χ0) is 25.1. The Bertz CT molecular complexity index is 1560. The van der Waals surface area contributed by atoms with Crippen LogP contribution in [0, 0.1) is 0 Å². The van der Waals surface area contributed by atoms with Gasteiger partial charge in [-0.25, -0.2) is 14.8 Å². The van der Waals surface area contributed by atoms with Crippen molar-refractivity contribution in [3.05, 3.63) is 94.2 Å². The van der Waals surface area contributed by atoms with Gasteiger partial charge in [-0.3, -0.25) is 0 Å². The fraction of sp³-hybridized carbons (Fsp3) is 0.138. The Balaban J connectivity index is 1.44. The molecule has 0 atom stereocenters. The highest BCUT2D eigenvalue weighted by atomic mass is 32.1. The predicted molar refractivity (Wildman–Crippen MR) is 146 cm³/mol. The van der Waals surface area contributed by atoms with Crippen LogP contribution >= 0.6 is 11.3 Å². The van der Waals surface area contributed by atoms with Gasteiger partial charge in [-0.05, 0) is 67.5 Å². The van der Waals surface area contributed by atoms with Crippen LogP contribution in [-0.4, -0.2) is 21.0 Å². The third-order valence-electron chi connectivity index (χ3n) is 5.96. The Morgan fingerprint density at radius 3 is 2.56 bits per heavy atom. The number of aryl methyl sites for hydroxylation is 1. The lowest BCUT2D eigenvalue weighted by molar-refractivity contribution is 0.0697. The molecule has 5 aromatic rings. The molecule has 7 heteroatoms. The molecule has 0 fully saturated rings. The van der Waals surface area contributed by atoms with Crippen molar-refractivity contribution in [3.63, 3.8) is 0 Å². The minimum absolute atomic E-state index is 0.247. The van der Waals surface area contributed by atoms with Crippen molar-refractivity contribution in [1.82, 2.24) is 9.97 Å². The maximum atomic E-state index is 11.2. The van der Waals surface area contributed by atoms with E-state index >= 15 is 0 Å². The number of carboxylic acid groups (broad SMARTS) is 1. The largest absolute Gasteiger partial charge is 0.478 e. The Morgan fingerprint density at radius 2 is 1.81 bits per heavy atom. The lowest BCUT2D eigenvalue weighted by Gasteiger charge is -2.15. The molecule has 0 spiro atoms. The Morgan fingerprint density at radius 1 is 1.00 bits per heavy atom. The third kappa shape index (κ3) is 4.78. The first-order valence-electron chi connectivity index (χ1n) is 11.8. The van der Waals surface area contributed by atoms with Gasteiger partial charge in [-0.1, -0.05) is 32.0 Å². The van der Waals surface area contributed by atoms with Gasteiger partial charge in [0.2, 0.25) is 0 Å². The molecule has 0 saturated carbocycles. The number of nitrogens with one attached hydrogen (secondary N) is 1. The number of hydrogen-bond donors (Lipinski definition) is 2. The van der Waals surface area contributed by atoms with Crippen molar-refractivity contribution in [3.8, 4) is 10.7 Å². The molecule has 2 aromatic carbocycles. The summed E-state index contributed by atoms with van der Waals surface area (Å²) in [5.41, 5.74) is 5.01. The SMILES string of the molecule is CCc1nc(-c2ccc(/C=C/c3coc4ccccc34)s2)nc(Nc2ccc(C(=O)O)cc2)c1CC. The van der Waals surface area contributed by atoms with Gasteiger partial charge in [0.1, 0.15) is 11.4 Å². The third-order valence-corrected chi connectivity index (χ3v) is 7.01. The van der Waals surface area contributed by atoms with E-state index in [0.29, 0.717) is 5.82 Å². The zero-order valence-corrected chi connectivity index (χ0v) is 20.8. The number of hydrogen-bond acceptors (Lipinski definition) is 6. The van der Waals surface area contributed by atoms with E-state index in [4.69, 9.17) is 19.5 Å². The molecule has 3 heterocycles. The highest BCUT2D eigenvalue weighted by Crippen LogP contribution is 2.32. The van der Waals surface area contributed by atoms with Crippen LogP contribution in [0.5, 0.6) is 0 Å². The first-order valence-corrected chi connectivity index (χ1v) is 12.6. The van der Waals surface area contributed by atoms with Gasteiger partial charge >= 0.3 is 5.97 Å². The Hall–Kier alpha value is -4.23. The highest BCUT2D eigenvalue weighted by molar-refractivity contribution is 7.16. The zero-order valence-electron chi connectivity index (χ0n) is 20.0. The number of para-hydroxylation sites is 1. The van der Waals surface area contributed by atoms with Crippen LogP contribution in [0.3, 0.4) is 0 Å². The van der Waals surface area contributed by atoms with E-state index in [1.165, 1.54) is 0 Å². The topological polar surface area (TPSA) is 88.3 Å². The van der Waals surface area contributed by atoms with Crippen molar-refractivity contribution in [2.24, 2.45) is 0 Å². The summed E-state index contributed by atoms with van der Waals surface area (Å²) in [6.45, 7) is 4.18. The fourth-order valence-corrected chi connectivity index (χ4v) is 4.95. The number of rotatable bonds is 8. The van der Waals surface area contributed by atoms with E-state index in [1.54, 1.807) is 41.9 Å². The number of nitrogens with zero attached hydrogens (tertiary/aromatic N) is 2. The molecule has 3 aromatic heterocycles. The van der Waals surface area contributed by atoms with Crippen LogP contribution in [0.15, 0.2) is 71.3 Å². The van der Waals surface area contributed by atoms with Crippen molar-refractivity contribution >= 4 is 51.9 Å². The number of carbonyl (C=O) groups is 1. The number of aromatic carboxylic acids is 1. The van der Waals surface area contributed by atoms with Crippen LogP contribution in [0.1, 0.15) is 45.9 Å². The number of furan rings is 1. The average molecular weight is 496 g/mol. The fourth-order valence-electron chi connectivity index (χ4n) is 4.10. The second kappa shape index (κ2) is 10.2. The quantitative estimate of drug-likeness (QED) is 0.229. The van der Waals surface area contributed by atoms with Gasteiger partial charge in [-0.2, -0.15) is 0 Å². The molecule has 0 aliphatic heterocycles. The van der Waals surface area contributed by atoms with Crippen LogP contribution < -0.4 is 5.32 Å². The molecule has 0 amide bonds. The number of benzene rings is 2. The molecular formula is C29H25N3O3S. The lowest BCUT2D eigenvalue weighted by atomic mass is 10.1. The molecule has 0 saturated heterocycles. The number of thiophene rings is 1. The highest BCUT2D eigenvalue weighted by Gasteiger charge is 2.15. The number of anilines is 2. The lowest BCUT2D eigenvalue weighted by Crippen LogP contribution is -2.07. The van der Waals surface area contributed by atoms with Gasteiger partial charge < -0.3 is 14.8 Å². The minimum atomic E-state index is -0.947. The Labute approximate surface area is 213 Å². The van der Waals surface area contributed by atoms with E-state index < -0.39 is 5.97 Å². The second-order valence-electron chi connectivity index (χ2n) is 8.26. The van der Waals surface area contributed by atoms with Crippen LogP contribution in [0.2, 0.25) is 0 Å². The minimum Gasteiger partial charge on any atom is -0.478 e. The van der Waals surface area contributed by atoms with Gasteiger partial charge in [-0.15, -0.1) is 11.3 Å². The summed E-state index contributed by atoms with van der Waals surface area (Å²) in [5, 5.41) is 13.6. The van der Waals surface area contributed by atoms with Crippen LogP contribution in [-0.2, 0) is 12.8 Å². The van der Waals surface area contributed by atoms with Crippen LogP contribution in [0.25, 0.3) is 33.8 Å². The molecule has 0 radical (unpaired) electrons. The standard InChI is InChI=1S/C29H25N3O3S/c1-3-22-24(4-2)31-28(32-27(22)30-20-12-9-18(10-13-20)29(33)34)26-16-15-21(36-26)14-11-19-17-35-25-8-6-5-7-23(19)25/h5-17H,3-4H2,1-2H3,(H,33,34)(H,30,31,32)/b14-11+. The monoisotopic (exact) mass is 495 g/mol. The average Bonchev–Trinajstić information content (AvgIpc) is 3.54. The summed E-state index contributed by atoms with van der Waals surface area (Å²) in [5.74, 6) is 0.474. The number of aromatic nitrogens is 2. The van der Waals surface area contributed by atoms with Crippen molar-refractivity contribution in [2.45, 2.75) is 26.7 Å². The van der Waals surface area contributed by atoms with E-state index in [2.05, 4.69) is 43.4 Å². The Kier molecular flexibility index (Phi) is 6.64. The molecule has 180 valence electrons. The summed E-state index contributed by atoms with van der Waals surface area (Å²) >= 11 is 1.63. The van der Waals surface area contributed by atoms with Gasteiger partial charge in [0, 0.05) is 32.8 Å². The molecule has 0 aliphatic carbocycles. The maximum absolute atomic E-state index is 11.2.